The lowest BCUT2D eigenvalue weighted by molar-refractivity contribution is 0.133. The number of hydrogen-bond donors (Lipinski definition) is 2. The molecule has 0 unspecified atom stereocenters. The van der Waals surface area contributed by atoms with Crippen molar-refractivity contribution < 1.29 is 9.13 Å². The van der Waals surface area contributed by atoms with Gasteiger partial charge in [-0.1, -0.05) is 42.5 Å². The molecule has 2 N–H and O–H groups in total. The molecule has 0 aliphatic rings. The number of guanidine groups is 1. The van der Waals surface area contributed by atoms with Crippen LogP contribution < -0.4 is 10.6 Å². The Morgan fingerprint density at radius 3 is 2.30 bits per heavy atom. The summed E-state index contributed by atoms with van der Waals surface area (Å²) in [5.41, 5.74) is 3.01. The van der Waals surface area contributed by atoms with Crippen molar-refractivity contribution in [3.05, 3.63) is 71.0 Å². The van der Waals surface area contributed by atoms with Gasteiger partial charge >= 0.3 is 0 Å². The van der Waals surface area contributed by atoms with E-state index in [-0.39, 0.29) is 29.8 Å². The van der Waals surface area contributed by atoms with Crippen LogP contribution in [-0.4, -0.2) is 25.7 Å². The Bertz CT molecular complexity index is 709. The van der Waals surface area contributed by atoms with E-state index in [0.717, 1.165) is 23.6 Å². The molecule has 0 fully saturated rings. The summed E-state index contributed by atoms with van der Waals surface area (Å²) in [5, 5.41) is 6.50. The summed E-state index contributed by atoms with van der Waals surface area (Å²) >= 11 is 0. The van der Waals surface area contributed by atoms with Crippen molar-refractivity contribution >= 4 is 29.9 Å². The zero-order chi connectivity index (χ0) is 18.6. The first-order valence-corrected chi connectivity index (χ1v) is 9.14. The molecule has 148 valence electrons. The third-order valence-electron chi connectivity index (χ3n) is 3.98. The van der Waals surface area contributed by atoms with E-state index in [0.29, 0.717) is 38.3 Å². The molecule has 4 nitrogen and oxygen atoms in total. The summed E-state index contributed by atoms with van der Waals surface area (Å²) in [4.78, 5) is 4.65. The van der Waals surface area contributed by atoms with Gasteiger partial charge in [-0.05, 0) is 43.0 Å². The molecule has 0 saturated heterocycles. The molecule has 0 bridgehead atoms. The van der Waals surface area contributed by atoms with Gasteiger partial charge < -0.3 is 15.4 Å². The number of halogens is 2. The second-order valence-corrected chi connectivity index (χ2v) is 5.87. The predicted molar refractivity (Wildman–Crippen MR) is 120 cm³/mol. The second kappa shape index (κ2) is 13.5. The van der Waals surface area contributed by atoms with Gasteiger partial charge in [-0.2, -0.15) is 0 Å². The zero-order valence-electron chi connectivity index (χ0n) is 16.0. The van der Waals surface area contributed by atoms with Crippen LogP contribution in [0, 0.1) is 5.82 Å². The molecule has 2 aromatic rings. The molecule has 2 aromatic carbocycles. The van der Waals surface area contributed by atoms with Crippen molar-refractivity contribution in [3.63, 3.8) is 0 Å². The lowest BCUT2D eigenvalue weighted by atomic mass is 10.1. The smallest absolute Gasteiger partial charge is 0.191 e. The van der Waals surface area contributed by atoms with Crippen LogP contribution in [0.2, 0.25) is 0 Å². The summed E-state index contributed by atoms with van der Waals surface area (Å²) in [7, 11) is 0. The van der Waals surface area contributed by atoms with E-state index in [4.69, 9.17) is 4.74 Å². The molecule has 0 aromatic heterocycles. The van der Waals surface area contributed by atoms with Crippen LogP contribution in [0.1, 0.15) is 30.5 Å². The molecule has 2 rings (SSSR count). The molecule has 0 heterocycles. The van der Waals surface area contributed by atoms with Crippen LogP contribution in [0.3, 0.4) is 0 Å². The van der Waals surface area contributed by atoms with Crippen molar-refractivity contribution in [1.29, 1.82) is 0 Å². The Morgan fingerprint density at radius 2 is 1.63 bits per heavy atom. The minimum Gasteiger partial charge on any atom is -0.377 e. The largest absolute Gasteiger partial charge is 0.377 e. The van der Waals surface area contributed by atoms with Gasteiger partial charge in [-0.25, -0.2) is 9.38 Å². The number of nitrogens with zero attached hydrogens (tertiary/aromatic N) is 1. The Labute approximate surface area is 178 Å². The van der Waals surface area contributed by atoms with Gasteiger partial charge in [0, 0.05) is 19.7 Å². The molecule has 0 atom stereocenters. The highest BCUT2D eigenvalue weighted by atomic mass is 127. The zero-order valence-corrected chi connectivity index (χ0v) is 18.3. The standard InChI is InChI=1S/C21H28FN3O.HI/c1-3-23-21(24-14-13-17-9-7-8-12-20(17)22)25-15-18-10-5-6-11-19(18)16-26-4-2;/h5-12H,3-4,13-16H2,1-2H3,(H2,23,24,25);1H. The van der Waals surface area contributed by atoms with E-state index in [1.807, 2.05) is 38.1 Å². The average molecular weight is 485 g/mol. The van der Waals surface area contributed by atoms with Gasteiger partial charge in [0.15, 0.2) is 5.96 Å². The normalized spacial score (nSPS) is 11.0. The number of nitrogens with one attached hydrogen (secondary N) is 2. The molecule has 0 spiro atoms. The third kappa shape index (κ3) is 8.26. The molecule has 0 radical (unpaired) electrons. The minimum absolute atomic E-state index is 0. The third-order valence-corrected chi connectivity index (χ3v) is 3.98. The first-order chi connectivity index (χ1) is 12.7. The Kier molecular flexibility index (Phi) is 11.7. The average Bonchev–Trinajstić information content (AvgIpc) is 2.66. The number of hydrogen-bond acceptors (Lipinski definition) is 2. The molecule has 6 heteroatoms. The Hall–Kier alpha value is -1.67. The van der Waals surface area contributed by atoms with E-state index in [2.05, 4.69) is 27.8 Å². The molecule has 0 aliphatic heterocycles. The van der Waals surface area contributed by atoms with Gasteiger partial charge in [0.25, 0.3) is 0 Å². The predicted octanol–water partition coefficient (Wildman–Crippen LogP) is 4.28. The highest BCUT2D eigenvalue weighted by molar-refractivity contribution is 14.0. The summed E-state index contributed by atoms with van der Waals surface area (Å²) in [6.45, 7) is 7.26. The highest BCUT2D eigenvalue weighted by Crippen LogP contribution is 2.11. The lowest BCUT2D eigenvalue weighted by Gasteiger charge is -2.13. The van der Waals surface area contributed by atoms with Crippen LogP contribution >= 0.6 is 24.0 Å². The van der Waals surface area contributed by atoms with Crippen molar-refractivity contribution in [2.45, 2.75) is 33.4 Å². The van der Waals surface area contributed by atoms with Crippen LogP contribution in [-0.2, 0) is 24.3 Å². The van der Waals surface area contributed by atoms with Gasteiger partial charge in [-0.3, -0.25) is 0 Å². The maximum atomic E-state index is 13.7. The number of benzene rings is 2. The monoisotopic (exact) mass is 485 g/mol. The van der Waals surface area contributed by atoms with Gasteiger partial charge in [0.2, 0.25) is 0 Å². The quantitative estimate of drug-likeness (QED) is 0.317. The first-order valence-electron chi connectivity index (χ1n) is 9.14. The molecule has 0 amide bonds. The van der Waals surface area contributed by atoms with Crippen molar-refractivity contribution in [2.24, 2.45) is 4.99 Å². The van der Waals surface area contributed by atoms with E-state index < -0.39 is 0 Å². The van der Waals surface area contributed by atoms with Crippen molar-refractivity contribution in [3.8, 4) is 0 Å². The van der Waals surface area contributed by atoms with Gasteiger partial charge in [0.05, 0.1) is 13.2 Å². The van der Waals surface area contributed by atoms with E-state index in [1.54, 1.807) is 6.07 Å². The maximum absolute atomic E-state index is 13.7. The number of aliphatic imine (C=N–C) groups is 1. The number of ether oxygens (including phenoxy) is 1. The summed E-state index contributed by atoms with van der Waals surface area (Å²) in [6.07, 6.45) is 0.609. The minimum atomic E-state index is -0.166. The first kappa shape index (κ1) is 23.4. The molecule has 0 aliphatic carbocycles. The second-order valence-electron chi connectivity index (χ2n) is 5.87. The summed E-state index contributed by atoms with van der Waals surface area (Å²) in [5.74, 6) is 0.566. The fourth-order valence-corrected chi connectivity index (χ4v) is 2.59. The molecular formula is C21H29FIN3O. The van der Waals surface area contributed by atoms with Crippen LogP contribution in [0.5, 0.6) is 0 Å². The van der Waals surface area contributed by atoms with E-state index in [9.17, 15) is 4.39 Å². The SMILES string of the molecule is CCNC(=NCc1ccccc1COCC)NCCc1ccccc1F.I. The summed E-state index contributed by atoms with van der Waals surface area (Å²) < 4.78 is 19.2. The fraction of sp³-hybridized carbons (Fsp3) is 0.381. The maximum Gasteiger partial charge on any atom is 0.191 e. The van der Waals surface area contributed by atoms with Crippen LogP contribution in [0.15, 0.2) is 53.5 Å². The topological polar surface area (TPSA) is 45.7 Å². The van der Waals surface area contributed by atoms with Crippen molar-refractivity contribution in [2.75, 3.05) is 19.7 Å². The van der Waals surface area contributed by atoms with Gasteiger partial charge in [0.1, 0.15) is 5.82 Å². The Balaban J connectivity index is 0.00000364. The summed E-state index contributed by atoms with van der Waals surface area (Å²) in [6, 6.07) is 15.0. The van der Waals surface area contributed by atoms with Crippen LogP contribution in [0.4, 0.5) is 4.39 Å². The molecular weight excluding hydrogens is 456 g/mol. The molecule has 27 heavy (non-hydrogen) atoms. The van der Waals surface area contributed by atoms with E-state index in [1.165, 1.54) is 6.07 Å². The van der Waals surface area contributed by atoms with Gasteiger partial charge in [-0.15, -0.1) is 24.0 Å². The highest BCUT2D eigenvalue weighted by Gasteiger charge is 2.04. The lowest BCUT2D eigenvalue weighted by Crippen LogP contribution is -2.38. The fourth-order valence-electron chi connectivity index (χ4n) is 2.59. The number of rotatable bonds is 9. The molecule has 0 saturated carbocycles. The van der Waals surface area contributed by atoms with Crippen molar-refractivity contribution in [1.82, 2.24) is 10.6 Å². The van der Waals surface area contributed by atoms with Crippen LogP contribution in [0.25, 0.3) is 0 Å². The van der Waals surface area contributed by atoms with E-state index >= 15 is 0 Å². The Morgan fingerprint density at radius 1 is 0.963 bits per heavy atom.